The van der Waals surface area contributed by atoms with Gasteiger partial charge in [0.25, 0.3) is 0 Å². The number of rotatable bonds is 7. The SMILES string of the molecule is CCCCc1ccc(CNCc2cccc3ccccc23)cc1. The van der Waals surface area contributed by atoms with E-state index in [9.17, 15) is 0 Å². The molecular weight excluding hydrogens is 278 g/mol. The first kappa shape index (κ1) is 15.8. The monoisotopic (exact) mass is 303 g/mol. The molecule has 0 aliphatic carbocycles. The smallest absolute Gasteiger partial charge is 0.0214 e. The molecule has 0 amide bonds. The maximum Gasteiger partial charge on any atom is 0.0214 e. The van der Waals surface area contributed by atoms with Gasteiger partial charge in [0.2, 0.25) is 0 Å². The van der Waals surface area contributed by atoms with Gasteiger partial charge in [-0.05, 0) is 40.3 Å². The lowest BCUT2D eigenvalue weighted by atomic mass is 10.0. The molecule has 0 heterocycles. The molecule has 0 aliphatic heterocycles. The number of hydrogen-bond donors (Lipinski definition) is 1. The fraction of sp³-hybridized carbons (Fsp3) is 0.273. The summed E-state index contributed by atoms with van der Waals surface area (Å²) >= 11 is 0. The van der Waals surface area contributed by atoms with Gasteiger partial charge < -0.3 is 5.32 Å². The molecule has 1 heteroatoms. The minimum atomic E-state index is 0.902. The van der Waals surface area contributed by atoms with Crippen molar-refractivity contribution in [1.82, 2.24) is 5.32 Å². The predicted octanol–water partition coefficient (Wildman–Crippen LogP) is 5.47. The molecule has 118 valence electrons. The van der Waals surface area contributed by atoms with Crippen LogP contribution < -0.4 is 5.32 Å². The predicted molar refractivity (Wildman–Crippen MR) is 99.5 cm³/mol. The van der Waals surface area contributed by atoms with E-state index < -0.39 is 0 Å². The highest BCUT2D eigenvalue weighted by atomic mass is 14.8. The standard InChI is InChI=1S/C22H25N/c1-2-3-7-18-12-14-19(15-13-18)16-23-17-21-10-6-9-20-8-4-5-11-22(20)21/h4-6,8-15,23H,2-3,7,16-17H2,1H3. The van der Waals surface area contributed by atoms with Crippen LogP contribution in [0.1, 0.15) is 36.5 Å². The van der Waals surface area contributed by atoms with Gasteiger partial charge in [-0.25, -0.2) is 0 Å². The molecule has 0 atom stereocenters. The molecule has 0 radical (unpaired) electrons. The van der Waals surface area contributed by atoms with Crippen LogP contribution in [0.5, 0.6) is 0 Å². The molecule has 3 aromatic rings. The molecule has 0 unspecified atom stereocenters. The molecular formula is C22H25N. The van der Waals surface area contributed by atoms with Crippen molar-refractivity contribution in [1.29, 1.82) is 0 Å². The topological polar surface area (TPSA) is 12.0 Å². The van der Waals surface area contributed by atoms with Crippen LogP contribution >= 0.6 is 0 Å². The normalized spacial score (nSPS) is 11.0. The van der Waals surface area contributed by atoms with Gasteiger partial charge in [-0.1, -0.05) is 80.1 Å². The van der Waals surface area contributed by atoms with Crippen molar-refractivity contribution >= 4 is 10.8 Å². The summed E-state index contributed by atoms with van der Waals surface area (Å²) < 4.78 is 0. The van der Waals surface area contributed by atoms with Crippen LogP contribution in [-0.4, -0.2) is 0 Å². The zero-order valence-electron chi connectivity index (χ0n) is 13.9. The van der Waals surface area contributed by atoms with E-state index in [-0.39, 0.29) is 0 Å². The molecule has 3 rings (SSSR count). The lowest BCUT2D eigenvalue weighted by Crippen LogP contribution is -2.12. The van der Waals surface area contributed by atoms with Crippen LogP contribution in [0.15, 0.2) is 66.7 Å². The largest absolute Gasteiger partial charge is 0.309 e. The molecule has 0 spiro atoms. The van der Waals surface area contributed by atoms with Gasteiger partial charge in [0.1, 0.15) is 0 Å². The van der Waals surface area contributed by atoms with Gasteiger partial charge in [-0.15, -0.1) is 0 Å². The number of aryl methyl sites for hydroxylation is 1. The van der Waals surface area contributed by atoms with Crippen molar-refractivity contribution in [3.8, 4) is 0 Å². The molecule has 0 aliphatic rings. The van der Waals surface area contributed by atoms with E-state index in [1.807, 2.05) is 0 Å². The highest BCUT2D eigenvalue weighted by Crippen LogP contribution is 2.18. The van der Waals surface area contributed by atoms with E-state index >= 15 is 0 Å². The van der Waals surface area contributed by atoms with Gasteiger partial charge in [0, 0.05) is 13.1 Å². The molecule has 0 fully saturated rings. The second-order valence-corrected chi connectivity index (χ2v) is 6.16. The Morgan fingerprint density at radius 2 is 1.48 bits per heavy atom. The highest BCUT2D eigenvalue weighted by Gasteiger charge is 2.00. The molecule has 0 aromatic heterocycles. The van der Waals surface area contributed by atoms with Crippen LogP contribution in [0, 0.1) is 0 Å². The first-order valence-electron chi connectivity index (χ1n) is 8.62. The second-order valence-electron chi connectivity index (χ2n) is 6.16. The first-order valence-corrected chi connectivity index (χ1v) is 8.62. The summed E-state index contributed by atoms with van der Waals surface area (Å²) in [5, 5.41) is 6.23. The van der Waals surface area contributed by atoms with Crippen molar-refractivity contribution < 1.29 is 0 Å². The Morgan fingerprint density at radius 3 is 2.30 bits per heavy atom. The lowest BCUT2D eigenvalue weighted by Gasteiger charge is -2.09. The van der Waals surface area contributed by atoms with Crippen LogP contribution in [0.4, 0.5) is 0 Å². The Labute approximate surface area is 139 Å². The molecule has 0 saturated heterocycles. The fourth-order valence-corrected chi connectivity index (χ4v) is 2.99. The third-order valence-electron chi connectivity index (χ3n) is 4.37. The Bertz CT molecular complexity index is 738. The van der Waals surface area contributed by atoms with Crippen LogP contribution in [0.2, 0.25) is 0 Å². The summed E-state index contributed by atoms with van der Waals surface area (Å²) in [5.41, 5.74) is 4.16. The van der Waals surface area contributed by atoms with Gasteiger partial charge >= 0.3 is 0 Å². The number of benzene rings is 3. The Morgan fingerprint density at radius 1 is 0.739 bits per heavy atom. The molecule has 1 nitrogen and oxygen atoms in total. The average Bonchev–Trinajstić information content (AvgIpc) is 2.61. The van der Waals surface area contributed by atoms with Gasteiger partial charge in [-0.2, -0.15) is 0 Å². The van der Waals surface area contributed by atoms with Gasteiger partial charge in [-0.3, -0.25) is 0 Å². The number of unbranched alkanes of at least 4 members (excludes halogenated alkanes) is 1. The van der Waals surface area contributed by atoms with Crippen molar-refractivity contribution in [3.63, 3.8) is 0 Å². The summed E-state index contributed by atoms with van der Waals surface area (Å²) in [7, 11) is 0. The quantitative estimate of drug-likeness (QED) is 0.610. The number of hydrogen-bond acceptors (Lipinski definition) is 1. The molecule has 3 aromatic carbocycles. The summed E-state index contributed by atoms with van der Waals surface area (Å²) in [6.07, 6.45) is 3.73. The van der Waals surface area contributed by atoms with Crippen LogP contribution in [0.25, 0.3) is 10.8 Å². The molecule has 1 N–H and O–H groups in total. The molecule has 23 heavy (non-hydrogen) atoms. The number of fused-ring (bicyclic) bond motifs is 1. The zero-order valence-corrected chi connectivity index (χ0v) is 13.9. The van der Waals surface area contributed by atoms with E-state index in [1.165, 1.54) is 46.7 Å². The zero-order chi connectivity index (χ0) is 15.9. The van der Waals surface area contributed by atoms with Crippen molar-refractivity contribution in [3.05, 3.63) is 83.4 Å². The third-order valence-corrected chi connectivity index (χ3v) is 4.37. The lowest BCUT2D eigenvalue weighted by molar-refractivity contribution is 0.696. The van der Waals surface area contributed by atoms with E-state index in [2.05, 4.69) is 79.0 Å². The van der Waals surface area contributed by atoms with Gasteiger partial charge in [0.15, 0.2) is 0 Å². The molecule has 0 saturated carbocycles. The van der Waals surface area contributed by atoms with Crippen LogP contribution in [-0.2, 0) is 19.5 Å². The summed E-state index contributed by atoms with van der Waals surface area (Å²) in [4.78, 5) is 0. The maximum atomic E-state index is 3.57. The fourth-order valence-electron chi connectivity index (χ4n) is 2.99. The highest BCUT2D eigenvalue weighted by molar-refractivity contribution is 5.85. The molecule has 0 bridgehead atoms. The summed E-state index contributed by atoms with van der Waals surface area (Å²) in [5.74, 6) is 0. The average molecular weight is 303 g/mol. The van der Waals surface area contributed by atoms with Crippen LogP contribution in [0.3, 0.4) is 0 Å². The van der Waals surface area contributed by atoms with Crippen molar-refractivity contribution in [2.75, 3.05) is 0 Å². The Balaban J connectivity index is 1.58. The Hall–Kier alpha value is -2.12. The van der Waals surface area contributed by atoms with E-state index in [1.54, 1.807) is 0 Å². The van der Waals surface area contributed by atoms with E-state index in [4.69, 9.17) is 0 Å². The van der Waals surface area contributed by atoms with Crippen molar-refractivity contribution in [2.24, 2.45) is 0 Å². The summed E-state index contributed by atoms with van der Waals surface area (Å²) in [6.45, 7) is 4.06. The van der Waals surface area contributed by atoms with E-state index in [0.29, 0.717) is 0 Å². The summed E-state index contributed by atoms with van der Waals surface area (Å²) in [6, 6.07) is 24.2. The minimum Gasteiger partial charge on any atom is -0.309 e. The maximum absolute atomic E-state index is 3.57. The van der Waals surface area contributed by atoms with Crippen molar-refractivity contribution in [2.45, 2.75) is 39.3 Å². The Kier molecular flexibility index (Phi) is 5.44. The second kappa shape index (κ2) is 7.94. The van der Waals surface area contributed by atoms with E-state index in [0.717, 1.165) is 13.1 Å². The minimum absolute atomic E-state index is 0.902. The number of nitrogens with one attached hydrogen (secondary N) is 1. The first-order chi connectivity index (χ1) is 11.4. The van der Waals surface area contributed by atoms with Gasteiger partial charge in [0.05, 0.1) is 0 Å². The third kappa shape index (κ3) is 4.20.